The van der Waals surface area contributed by atoms with Crippen molar-refractivity contribution in [2.24, 2.45) is 0 Å². The number of methoxy groups -OCH3 is 1. The van der Waals surface area contributed by atoms with E-state index >= 15 is 0 Å². The first-order chi connectivity index (χ1) is 15.4. The van der Waals surface area contributed by atoms with E-state index in [1.54, 1.807) is 18.4 Å². The van der Waals surface area contributed by atoms with E-state index in [9.17, 15) is 13.2 Å². The minimum atomic E-state index is -3.81. The number of para-hydroxylation sites is 1. The van der Waals surface area contributed by atoms with E-state index in [4.69, 9.17) is 9.47 Å². The number of benzene rings is 1. The molecule has 1 fully saturated rings. The van der Waals surface area contributed by atoms with Gasteiger partial charge in [0.05, 0.1) is 7.11 Å². The van der Waals surface area contributed by atoms with Crippen LogP contribution in [0.3, 0.4) is 0 Å². The summed E-state index contributed by atoms with van der Waals surface area (Å²) in [5, 5.41) is 1.58. The molecule has 0 aliphatic carbocycles. The van der Waals surface area contributed by atoms with Crippen LogP contribution in [-0.2, 0) is 14.8 Å². The fraction of sp³-hybridized carbons (Fsp3) is 0.286. The van der Waals surface area contributed by atoms with Crippen molar-refractivity contribution in [3.63, 3.8) is 0 Å². The Balaban J connectivity index is 1.48. The maximum absolute atomic E-state index is 13.1. The highest BCUT2D eigenvalue weighted by molar-refractivity contribution is 7.89. The largest absolute Gasteiger partial charge is 0.465 e. The molecule has 1 aromatic carbocycles. The van der Waals surface area contributed by atoms with Crippen LogP contribution in [0.4, 0.5) is 5.82 Å². The summed E-state index contributed by atoms with van der Waals surface area (Å²) in [5.74, 6) is 1.68. The molecule has 0 radical (unpaired) electrons. The molecule has 0 bridgehead atoms. The number of thiophene rings is 1. The second kappa shape index (κ2) is 9.23. The average molecular weight is 475 g/mol. The molecule has 0 unspecified atom stereocenters. The van der Waals surface area contributed by atoms with Gasteiger partial charge in [-0.3, -0.25) is 0 Å². The first-order valence-corrected chi connectivity index (χ1v) is 12.2. The summed E-state index contributed by atoms with van der Waals surface area (Å²) >= 11 is 1.05. The van der Waals surface area contributed by atoms with Crippen LogP contribution in [0, 0.1) is 6.92 Å². The predicted octanol–water partition coefficient (Wildman–Crippen LogP) is 2.94. The SMILES string of the molecule is COC(=O)c1sccc1S(=O)(=O)N1CCN(c2cc(Oc3ccccc3)nc(C)n2)CC1. The van der Waals surface area contributed by atoms with Crippen LogP contribution in [0.1, 0.15) is 15.5 Å². The molecule has 0 spiro atoms. The van der Waals surface area contributed by atoms with E-state index in [0.717, 1.165) is 11.3 Å². The molecule has 2 aromatic heterocycles. The molecule has 9 nitrogen and oxygen atoms in total. The second-order valence-electron chi connectivity index (χ2n) is 7.02. The molecule has 11 heteroatoms. The average Bonchev–Trinajstić information content (AvgIpc) is 3.30. The predicted molar refractivity (Wildman–Crippen MR) is 120 cm³/mol. The Kier molecular flexibility index (Phi) is 6.40. The molecule has 0 atom stereocenters. The summed E-state index contributed by atoms with van der Waals surface area (Å²) in [6.45, 7) is 3.19. The Morgan fingerprint density at radius 1 is 1.06 bits per heavy atom. The van der Waals surface area contributed by atoms with Crippen LogP contribution in [0.2, 0.25) is 0 Å². The number of esters is 1. The van der Waals surface area contributed by atoms with Gasteiger partial charge in [0.1, 0.15) is 27.2 Å². The number of hydrogen-bond acceptors (Lipinski definition) is 9. The Morgan fingerprint density at radius 2 is 1.78 bits per heavy atom. The molecule has 0 saturated carbocycles. The molecule has 1 aliphatic rings. The Hall–Kier alpha value is -3.02. The first-order valence-electron chi connectivity index (χ1n) is 9.88. The van der Waals surface area contributed by atoms with Gasteiger partial charge in [-0.2, -0.15) is 9.29 Å². The normalized spacial score (nSPS) is 14.9. The van der Waals surface area contributed by atoms with Crippen molar-refractivity contribution in [3.8, 4) is 11.6 Å². The summed E-state index contributed by atoms with van der Waals surface area (Å²) in [6, 6.07) is 12.5. The second-order valence-corrected chi connectivity index (χ2v) is 9.85. The highest BCUT2D eigenvalue weighted by atomic mass is 32.2. The van der Waals surface area contributed by atoms with E-state index in [2.05, 4.69) is 9.97 Å². The lowest BCUT2D eigenvalue weighted by Gasteiger charge is -2.34. The number of carbonyl (C=O) groups excluding carboxylic acids is 1. The number of hydrogen-bond donors (Lipinski definition) is 0. The number of aromatic nitrogens is 2. The third kappa shape index (κ3) is 4.59. The van der Waals surface area contributed by atoms with Gasteiger partial charge >= 0.3 is 5.97 Å². The monoisotopic (exact) mass is 474 g/mol. The topological polar surface area (TPSA) is 102 Å². The van der Waals surface area contributed by atoms with Crippen molar-refractivity contribution in [1.29, 1.82) is 0 Å². The van der Waals surface area contributed by atoms with Crippen LogP contribution in [0.5, 0.6) is 11.6 Å². The van der Waals surface area contributed by atoms with Crippen LogP contribution in [-0.4, -0.2) is 61.9 Å². The highest BCUT2D eigenvalue weighted by Gasteiger charge is 2.33. The van der Waals surface area contributed by atoms with E-state index in [0.29, 0.717) is 36.4 Å². The van der Waals surface area contributed by atoms with Crippen molar-refractivity contribution >= 4 is 33.1 Å². The fourth-order valence-electron chi connectivity index (χ4n) is 3.39. The summed E-state index contributed by atoms with van der Waals surface area (Å²) in [4.78, 5) is 22.8. The molecule has 4 rings (SSSR count). The van der Waals surface area contributed by atoms with E-state index in [1.165, 1.54) is 17.5 Å². The number of sulfonamides is 1. The smallest absolute Gasteiger partial charge is 0.349 e. The van der Waals surface area contributed by atoms with Gasteiger partial charge in [0.15, 0.2) is 0 Å². The maximum atomic E-state index is 13.1. The third-order valence-corrected chi connectivity index (χ3v) is 7.91. The standard InChI is InChI=1S/C21H22N4O5S2/c1-15-22-18(14-19(23-15)30-16-6-4-3-5-7-16)24-9-11-25(12-10-24)32(27,28)17-8-13-31-20(17)21(26)29-2/h3-8,13-14H,9-12H2,1-2H3. The van der Waals surface area contributed by atoms with Gasteiger partial charge in [-0.1, -0.05) is 18.2 Å². The Morgan fingerprint density at radius 3 is 2.47 bits per heavy atom. The summed E-state index contributed by atoms with van der Waals surface area (Å²) in [5.41, 5.74) is 0. The zero-order valence-electron chi connectivity index (χ0n) is 17.6. The Bertz CT molecular complexity index is 1210. The van der Waals surface area contributed by atoms with Gasteiger partial charge in [0, 0.05) is 32.2 Å². The summed E-state index contributed by atoms with van der Waals surface area (Å²) < 4.78 is 38.1. The molecular formula is C21H22N4O5S2. The van der Waals surface area contributed by atoms with E-state index in [1.807, 2.05) is 35.2 Å². The highest BCUT2D eigenvalue weighted by Crippen LogP contribution is 2.28. The molecule has 168 valence electrons. The number of piperazine rings is 1. The van der Waals surface area contributed by atoms with E-state index in [-0.39, 0.29) is 22.9 Å². The van der Waals surface area contributed by atoms with Gasteiger partial charge in [0.2, 0.25) is 15.9 Å². The molecule has 1 saturated heterocycles. The third-order valence-electron chi connectivity index (χ3n) is 4.95. The molecule has 0 amide bonds. The van der Waals surface area contributed by atoms with E-state index < -0.39 is 16.0 Å². The fourth-order valence-corrected chi connectivity index (χ4v) is 6.12. The van der Waals surface area contributed by atoms with Crippen LogP contribution < -0.4 is 9.64 Å². The molecule has 3 aromatic rings. The van der Waals surface area contributed by atoms with Crippen molar-refractivity contribution in [2.75, 3.05) is 38.2 Å². The maximum Gasteiger partial charge on any atom is 0.349 e. The lowest BCUT2D eigenvalue weighted by atomic mass is 10.3. The van der Waals surface area contributed by atoms with Crippen LogP contribution in [0.15, 0.2) is 52.7 Å². The molecule has 32 heavy (non-hydrogen) atoms. The van der Waals surface area contributed by atoms with Crippen LogP contribution >= 0.6 is 11.3 Å². The van der Waals surface area contributed by atoms with Gasteiger partial charge in [-0.05, 0) is 30.5 Å². The summed E-state index contributed by atoms with van der Waals surface area (Å²) in [6.07, 6.45) is 0. The number of ether oxygens (including phenoxy) is 2. The zero-order valence-corrected chi connectivity index (χ0v) is 19.2. The lowest BCUT2D eigenvalue weighted by Crippen LogP contribution is -2.49. The number of anilines is 1. The van der Waals surface area contributed by atoms with Crippen LogP contribution in [0.25, 0.3) is 0 Å². The minimum Gasteiger partial charge on any atom is -0.465 e. The van der Waals surface area contributed by atoms with Crippen molar-refractivity contribution < 1.29 is 22.7 Å². The van der Waals surface area contributed by atoms with Gasteiger partial charge in [-0.25, -0.2) is 18.2 Å². The van der Waals surface area contributed by atoms with Crippen molar-refractivity contribution in [3.05, 3.63) is 58.5 Å². The molecule has 1 aliphatic heterocycles. The number of rotatable bonds is 6. The van der Waals surface area contributed by atoms with Gasteiger partial charge < -0.3 is 14.4 Å². The minimum absolute atomic E-state index is 0.0146. The Labute approximate surface area is 190 Å². The quantitative estimate of drug-likeness (QED) is 0.503. The van der Waals surface area contributed by atoms with Crippen molar-refractivity contribution in [1.82, 2.24) is 14.3 Å². The summed E-state index contributed by atoms with van der Waals surface area (Å²) in [7, 11) is -2.58. The van der Waals surface area contributed by atoms with Gasteiger partial charge in [0.25, 0.3) is 0 Å². The number of nitrogens with zero attached hydrogens (tertiary/aromatic N) is 4. The number of aryl methyl sites for hydroxylation is 1. The lowest BCUT2D eigenvalue weighted by molar-refractivity contribution is 0.0602. The molecular weight excluding hydrogens is 452 g/mol. The van der Waals surface area contributed by atoms with Crippen molar-refractivity contribution in [2.45, 2.75) is 11.8 Å². The van der Waals surface area contributed by atoms with Gasteiger partial charge in [-0.15, -0.1) is 11.3 Å². The molecule has 0 N–H and O–H groups in total. The molecule has 3 heterocycles. The zero-order chi connectivity index (χ0) is 22.7. The number of carbonyl (C=O) groups is 1. The first kappa shape index (κ1) is 22.2.